The first kappa shape index (κ1) is 13.9. The minimum Gasteiger partial charge on any atom is -0.192 e. The van der Waals surface area contributed by atoms with Gasteiger partial charge in [-0.15, -0.1) is 0 Å². The van der Waals surface area contributed by atoms with E-state index >= 15 is 0 Å². The summed E-state index contributed by atoms with van der Waals surface area (Å²) in [5.74, 6) is 1.75. The van der Waals surface area contributed by atoms with Crippen molar-refractivity contribution < 1.29 is 0 Å². The van der Waals surface area contributed by atoms with Crippen molar-refractivity contribution in [1.82, 2.24) is 0 Å². The molecular formula is C18H23N. The van der Waals surface area contributed by atoms with Crippen LogP contribution in [0.5, 0.6) is 0 Å². The van der Waals surface area contributed by atoms with Gasteiger partial charge in [0.15, 0.2) is 0 Å². The van der Waals surface area contributed by atoms with Crippen LogP contribution in [0.2, 0.25) is 0 Å². The molecule has 1 aliphatic rings. The molecule has 1 aromatic carbocycles. The van der Waals surface area contributed by atoms with E-state index in [2.05, 4.69) is 37.3 Å². The van der Waals surface area contributed by atoms with Gasteiger partial charge in [0, 0.05) is 0 Å². The zero-order chi connectivity index (χ0) is 13.5. The van der Waals surface area contributed by atoms with Gasteiger partial charge in [-0.2, -0.15) is 5.26 Å². The first-order valence-corrected chi connectivity index (χ1v) is 7.43. The van der Waals surface area contributed by atoms with E-state index in [4.69, 9.17) is 5.26 Å². The second-order valence-corrected chi connectivity index (χ2v) is 5.80. The van der Waals surface area contributed by atoms with Gasteiger partial charge in [-0.1, -0.05) is 44.1 Å². The smallest absolute Gasteiger partial charge is 0.0991 e. The van der Waals surface area contributed by atoms with Crippen LogP contribution in [0, 0.1) is 23.2 Å². The molecule has 0 heterocycles. The highest BCUT2D eigenvalue weighted by Gasteiger charge is 2.15. The highest BCUT2D eigenvalue weighted by molar-refractivity contribution is 5.31. The highest BCUT2D eigenvalue weighted by atomic mass is 14.2. The molecule has 1 fully saturated rings. The van der Waals surface area contributed by atoms with Crippen LogP contribution in [0.3, 0.4) is 0 Å². The van der Waals surface area contributed by atoms with Crippen LogP contribution in [0.25, 0.3) is 0 Å². The van der Waals surface area contributed by atoms with Crippen LogP contribution in [-0.4, -0.2) is 0 Å². The number of allylic oxidation sites excluding steroid dienone is 2. The molecule has 1 saturated carbocycles. The van der Waals surface area contributed by atoms with Gasteiger partial charge in [0.25, 0.3) is 0 Å². The molecule has 0 spiro atoms. The molecule has 0 radical (unpaired) electrons. The lowest BCUT2D eigenvalue weighted by Gasteiger charge is -2.23. The number of hydrogen-bond donors (Lipinski definition) is 0. The zero-order valence-electron chi connectivity index (χ0n) is 11.8. The van der Waals surface area contributed by atoms with E-state index in [0.717, 1.165) is 30.2 Å². The summed E-state index contributed by atoms with van der Waals surface area (Å²) < 4.78 is 0. The zero-order valence-corrected chi connectivity index (χ0v) is 11.8. The summed E-state index contributed by atoms with van der Waals surface area (Å²) in [6.07, 6.45) is 12.5. The number of nitrogens with zero attached hydrogens (tertiary/aromatic N) is 1. The fraction of sp³-hybridized carbons (Fsp3) is 0.500. The number of nitriles is 1. The molecule has 1 nitrogen and oxygen atoms in total. The van der Waals surface area contributed by atoms with Crippen molar-refractivity contribution in [2.24, 2.45) is 11.8 Å². The number of aryl methyl sites for hydroxylation is 1. The monoisotopic (exact) mass is 253 g/mol. The fourth-order valence-corrected chi connectivity index (χ4v) is 2.76. The summed E-state index contributed by atoms with van der Waals surface area (Å²) in [7, 11) is 0. The predicted molar refractivity (Wildman–Crippen MR) is 79.7 cm³/mol. The Hall–Kier alpha value is -1.55. The molecule has 1 aromatic rings. The quantitative estimate of drug-likeness (QED) is 0.702. The van der Waals surface area contributed by atoms with Crippen LogP contribution < -0.4 is 0 Å². The van der Waals surface area contributed by atoms with Crippen LogP contribution in [0.4, 0.5) is 0 Å². The van der Waals surface area contributed by atoms with Crippen molar-refractivity contribution in [2.45, 2.75) is 45.4 Å². The first-order chi connectivity index (χ1) is 9.28. The lowest BCUT2D eigenvalue weighted by molar-refractivity contribution is 0.330. The van der Waals surface area contributed by atoms with Crippen molar-refractivity contribution in [2.75, 3.05) is 0 Å². The maximum absolute atomic E-state index is 8.74. The Bertz CT molecular complexity index is 442. The average molecular weight is 253 g/mol. The molecular weight excluding hydrogens is 230 g/mol. The molecule has 2 rings (SSSR count). The van der Waals surface area contributed by atoms with E-state index in [9.17, 15) is 0 Å². The van der Waals surface area contributed by atoms with Gasteiger partial charge in [-0.3, -0.25) is 0 Å². The Kier molecular flexibility index (Phi) is 5.21. The van der Waals surface area contributed by atoms with Gasteiger partial charge in [-0.05, 0) is 55.2 Å². The molecule has 0 saturated heterocycles. The summed E-state index contributed by atoms with van der Waals surface area (Å²) in [5.41, 5.74) is 2.07. The third kappa shape index (κ3) is 4.56. The first-order valence-electron chi connectivity index (χ1n) is 7.43. The molecule has 0 aliphatic heterocycles. The Morgan fingerprint density at radius 2 is 1.84 bits per heavy atom. The Morgan fingerprint density at radius 1 is 1.16 bits per heavy atom. The fourth-order valence-electron chi connectivity index (χ4n) is 2.76. The van der Waals surface area contributed by atoms with E-state index < -0.39 is 0 Å². The normalized spacial score (nSPS) is 23.4. The van der Waals surface area contributed by atoms with E-state index in [0.29, 0.717) is 0 Å². The lowest BCUT2D eigenvalue weighted by Crippen LogP contribution is -2.09. The van der Waals surface area contributed by atoms with Gasteiger partial charge >= 0.3 is 0 Å². The molecule has 0 aromatic heterocycles. The third-order valence-electron chi connectivity index (χ3n) is 4.15. The van der Waals surface area contributed by atoms with E-state index in [-0.39, 0.29) is 0 Å². The maximum atomic E-state index is 8.74. The Labute approximate surface area is 117 Å². The third-order valence-corrected chi connectivity index (χ3v) is 4.15. The van der Waals surface area contributed by atoms with Crippen molar-refractivity contribution in [3.63, 3.8) is 0 Å². The Balaban J connectivity index is 1.72. The molecule has 0 bridgehead atoms. The molecule has 0 atom stereocenters. The SMILES string of the molecule is C[C@H]1CC[C@H](/C=C/CCc2ccc(C#N)cc2)CC1. The summed E-state index contributed by atoms with van der Waals surface area (Å²) in [4.78, 5) is 0. The van der Waals surface area contributed by atoms with E-state index in [1.807, 2.05) is 12.1 Å². The van der Waals surface area contributed by atoms with Crippen molar-refractivity contribution in [3.8, 4) is 6.07 Å². The minimum atomic E-state index is 0.746. The van der Waals surface area contributed by atoms with Crippen LogP contribution >= 0.6 is 0 Å². The summed E-state index contributed by atoms with van der Waals surface area (Å²) >= 11 is 0. The van der Waals surface area contributed by atoms with Crippen molar-refractivity contribution in [1.29, 1.82) is 5.26 Å². The molecule has 0 amide bonds. The van der Waals surface area contributed by atoms with Gasteiger partial charge in [0.2, 0.25) is 0 Å². The van der Waals surface area contributed by atoms with E-state index in [1.54, 1.807) is 0 Å². The second kappa shape index (κ2) is 7.14. The van der Waals surface area contributed by atoms with Gasteiger partial charge in [-0.25, -0.2) is 0 Å². The van der Waals surface area contributed by atoms with Crippen LogP contribution in [0.15, 0.2) is 36.4 Å². The topological polar surface area (TPSA) is 23.8 Å². The van der Waals surface area contributed by atoms with Crippen molar-refractivity contribution in [3.05, 3.63) is 47.5 Å². The van der Waals surface area contributed by atoms with Gasteiger partial charge in [0.05, 0.1) is 11.6 Å². The lowest BCUT2D eigenvalue weighted by atomic mass is 9.83. The predicted octanol–water partition coefficient (Wildman–Crippen LogP) is 4.87. The number of benzene rings is 1. The molecule has 0 N–H and O–H groups in total. The van der Waals surface area contributed by atoms with Crippen LogP contribution in [0.1, 0.15) is 50.2 Å². The highest BCUT2D eigenvalue weighted by Crippen LogP contribution is 2.29. The summed E-state index contributed by atoms with van der Waals surface area (Å²) in [6.45, 7) is 2.37. The minimum absolute atomic E-state index is 0.746. The summed E-state index contributed by atoms with van der Waals surface area (Å²) in [6, 6.07) is 10.1. The largest absolute Gasteiger partial charge is 0.192 e. The average Bonchev–Trinajstić information content (AvgIpc) is 2.46. The molecule has 100 valence electrons. The number of hydrogen-bond acceptors (Lipinski definition) is 1. The van der Waals surface area contributed by atoms with E-state index in [1.165, 1.54) is 31.2 Å². The van der Waals surface area contributed by atoms with Crippen LogP contribution in [-0.2, 0) is 6.42 Å². The molecule has 0 unspecified atom stereocenters. The summed E-state index contributed by atoms with van der Waals surface area (Å²) in [5, 5.41) is 8.74. The van der Waals surface area contributed by atoms with Crippen molar-refractivity contribution >= 4 is 0 Å². The molecule has 1 heteroatoms. The standard InChI is InChI=1S/C18H23N/c1-15-6-8-16(9-7-15)4-2-3-5-17-10-12-18(14-19)13-11-17/h2,4,10-13,15-16H,3,5-9H2,1H3/b4-2+/t15-,16-. The number of rotatable bonds is 4. The second-order valence-electron chi connectivity index (χ2n) is 5.80. The Morgan fingerprint density at radius 3 is 2.47 bits per heavy atom. The molecule has 1 aliphatic carbocycles. The maximum Gasteiger partial charge on any atom is 0.0991 e. The molecule has 19 heavy (non-hydrogen) atoms. The van der Waals surface area contributed by atoms with Gasteiger partial charge in [0.1, 0.15) is 0 Å². The van der Waals surface area contributed by atoms with Gasteiger partial charge < -0.3 is 0 Å².